The maximum Gasteiger partial charge on any atom is 0.316 e. The molecule has 0 bridgehead atoms. The van der Waals surface area contributed by atoms with Crippen LogP contribution in [0.5, 0.6) is 5.75 Å². The van der Waals surface area contributed by atoms with Crippen LogP contribution >= 0.6 is 11.6 Å². The first-order valence-electron chi connectivity index (χ1n) is 6.71. The number of carbonyl (C=O) groups is 1. The second-order valence-electron chi connectivity index (χ2n) is 4.75. The van der Waals surface area contributed by atoms with Crippen LogP contribution in [-0.4, -0.2) is 62.5 Å². The molecule has 0 aliphatic carbocycles. The SMILES string of the molecule is CN(C)C(=O)NCCNCC(O)COc1cccc(Cl)c1. The second-order valence-corrected chi connectivity index (χ2v) is 5.19. The topological polar surface area (TPSA) is 73.8 Å². The summed E-state index contributed by atoms with van der Waals surface area (Å²) in [7, 11) is 3.36. The molecule has 3 N–H and O–H groups in total. The fourth-order valence-electron chi connectivity index (χ4n) is 1.49. The van der Waals surface area contributed by atoms with Gasteiger partial charge in [-0.15, -0.1) is 0 Å². The van der Waals surface area contributed by atoms with Crippen LogP contribution in [0.25, 0.3) is 0 Å². The Kier molecular flexibility index (Phi) is 7.89. The Balaban J connectivity index is 2.09. The van der Waals surface area contributed by atoms with Crippen molar-refractivity contribution in [3.05, 3.63) is 29.3 Å². The van der Waals surface area contributed by atoms with Gasteiger partial charge in [-0.05, 0) is 18.2 Å². The monoisotopic (exact) mass is 315 g/mol. The predicted octanol–water partition coefficient (Wildman–Crippen LogP) is 0.941. The summed E-state index contributed by atoms with van der Waals surface area (Å²) in [6.45, 7) is 1.64. The molecule has 7 heteroatoms. The van der Waals surface area contributed by atoms with E-state index in [2.05, 4.69) is 10.6 Å². The molecule has 0 aliphatic heterocycles. The average Bonchev–Trinajstić information content (AvgIpc) is 2.44. The molecule has 2 amide bonds. The van der Waals surface area contributed by atoms with E-state index >= 15 is 0 Å². The normalized spacial score (nSPS) is 11.8. The number of ether oxygens (including phenoxy) is 1. The number of halogens is 1. The number of nitrogens with zero attached hydrogens (tertiary/aromatic N) is 1. The summed E-state index contributed by atoms with van der Waals surface area (Å²) in [6, 6.07) is 6.88. The lowest BCUT2D eigenvalue weighted by Crippen LogP contribution is -2.40. The van der Waals surface area contributed by atoms with E-state index in [4.69, 9.17) is 16.3 Å². The number of urea groups is 1. The standard InChI is InChI=1S/C14H22ClN3O3/c1-18(2)14(20)17-7-6-16-9-12(19)10-21-13-5-3-4-11(15)8-13/h3-5,8,12,16,19H,6-7,9-10H2,1-2H3,(H,17,20). The van der Waals surface area contributed by atoms with Crippen LogP contribution in [0.15, 0.2) is 24.3 Å². The summed E-state index contributed by atoms with van der Waals surface area (Å²) in [5, 5.41) is 16.1. The second kappa shape index (κ2) is 9.44. The van der Waals surface area contributed by atoms with Gasteiger partial charge in [0.1, 0.15) is 18.5 Å². The van der Waals surface area contributed by atoms with Gasteiger partial charge in [0.15, 0.2) is 0 Å². The number of benzene rings is 1. The van der Waals surface area contributed by atoms with Gasteiger partial charge in [0.05, 0.1) is 0 Å². The van der Waals surface area contributed by atoms with Gasteiger partial charge in [0.25, 0.3) is 0 Å². The highest BCUT2D eigenvalue weighted by Crippen LogP contribution is 2.17. The maximum atomic E-state index is 11.2. The van der Waals surface area contributed by atoms with Crippen molar-refractivity contribution in [2.24, 2.45) is 0 Å². The highest BCUT2D eigenvalue weighted by Gasteiger charge is 2.06. The molecule has 0 spiro atoms. The Morgan fingerprint density at radius 1 is 1.43 bits per heavy atom. The van der Waals surface area contributed by atoms with E-state index in [0.29, 0.717) is 30.4 Å². The van der Waals surface area contributed by atoms with E-state index in [9.17, 15) is 9.90 Å². The van der Waals surface area contributed by atoms with Gasteiger partial charge in [-0.1, -0.05) is 17.7 Å². The van der Waals surface area contributed by atoms with Gasteiger partial charge < -0.3 is 25.4 Å². The predicted molar refractivity (Wildman–Crippen MR) is 82.9 cm³/mol. The van der Waals surface area contributed by atoms with E-state index in [-0.39, 0.29) is 12.6 Å². The molecule has 1 unspecified atom stereocenters. The van der Waals surface area contributed by atoms with Crippen LogP contribution in [0.4, 0.5) is 4.79 Å². The summed E-state index contributed by atoms with van der Waals surface area (Å²) in [5.74, 6) is 0.625. The molecular weight excluding hydrogens is 294 g/mol. The van der Waals surface area contributed by atoms with Crippen LogP contribution in [0.3, 0.4) is 0 Å². The highest BCUT2D eigenvalue weighted by molar-refractivity contribution is 6.30. The minimum absolute atomic E-state index is 0.137. The van der Waals surface area contributed by atoms with Crippen molar-refractivity contribution >= 4 is 17.6 Å². The Hall–Kier alpha value is -1.50. The molecule has 0 saturated heterocycles. The van der Waals surface area contributed by atoms with Crippen LogP contribution < -0.4 is 15.4 Å². The quantitative estimate of drug-likeness (QED) is 0.624. The highest BCUT2D eigenvalue weighted by atomic mass is 35.5. The van der Waals surface area contributed by atoms with Gasteiger partial charge in [0, 0.05) is 38.8 Å². The minimum Gasteiger partial charge on any atom is -0.491 e. The largest absolute Gasteiger partial charge is 0.491 e. The lowest BCUT2D eigenvalue weighted by atomic mass is 10.3. The molecular formula is C14H22ClN3O3. The van der Waals surface area contributed by atoms with Crippen molar-refractivity contribution in [3.63, 3.8) is 0 Å². The molecule has 0 fully saturated rings. The summed E-state index contributed by atoms with van der Waals surface area (Å²) in [4.78, 5) is 12.7. The molecule has 1 aromatic carbocycles. The van der Waals surface area contributed by atoms with E-state index in [1.54, 1.807) is 38.4 Å². The zero-order valence-corrected chi connectivity index (χ0v) is 13.1. The number of amides is 2. The third-order valence-electron chi connectivity index (χ3n) is 2.60. The lowest BCUT2D eigenvalue weighted by molar-refractivity contribution is 0.106. The zero-order chi connectivity index (χ0) is 15.7. The summed E-state index contributed by atoms with van der Waals surface area (Å²) in [5.41, 5.74) is 0. The first-order chi connectivity index (χ1) is 9.99. The Labute approximate surface area is 130 Å². The number of aliphatic hydroxyl groups is 1. The molecule has 0 saturated carbocycles. The zero-order valence-electron chi connectivity index (χ0n) is 12.3. The van der Waals surface area contributed by atoms with Crippen molar-refractivity contribution in [2.45, 2.75) is 6.10 Å². The van der Waals surface area contributed by atoms with Gasteiger partial charge in [-0.2, -0.15) is 0 Å². The minimum atomic E-state index is -0.631. The smallest absolute Gasteiger partial charge is 0.316 e. The van der Waals surface area contributed by atoms with E-state index in [1.807, 2.05) is 0 Å². The summed E-state index contributed by atoms with van der Waals surface area (Å²) < 4.78 is 5.42. The molecule has 6 nitrogen and oxygen atoms in total. The molecule has 0 radical (unpaired) electrons. The molecule has 1 rings (SSSR count). The van der Waals surface area contributed by atoms with Crippen molar-refractivity contribution in [1.82, 2.24) is 15.5 Å². The Morgan fingerprint density at radius 2 is 2.19 bits per heavy atom. The first kappa shape index (κ1) is 17.6. The molecule has 1 atom stereocenters. The third kappa shape index (κ3) is 7.75. The average molecular weight is 316 g/mol. The Bertz CT molecular complexity index is 443. The van der Waals surface area contributed by atoms with E-state index < -0.39 is 6.10 Å². The summed E-state index contributed by atoms with van der Waals surface area (Å²) in [6.07, 6.45) is -0.631. The molecule has 0 heterocycles. The molecule has 118 valence electrons. The van der Waals surface area contributed by atoms with Crippen molar-refractivity contribution in [1.29, 1.82) is 0 Å². The summed E-state index contributed by atoms with van der Waals surface area (Å²) >= 11 is 5.83. The lowest BCUT2D eigenvalue weighted by Gasteiger charge is -2.15. The van der Waals surface area contributed by atoms with Crippen LogP contribution in [0, 0.1) is 0 Å². The molecule has 1 aromatic rings. The van der Waals surface area contributed by atoms with Crippen LogP contribution in [0.1, 0.15) is 0 Å². The number of aliphatic hydroxyl groups excluding tert-OH is 1. The van der Waals surface area contributed by atoms with Crippen molar-refractivity contribution < 1.29 is 14.6 Å². The van der Waals surface area contributed by atoms with Gasteiger partial charge in [0.2, 0.25) is 0 Å². The van der Waals surface area contributed by atoms with Crippen molar-refractivity contribution in [2.75, 3.05) is 40.3 Å². The van der Waals surface area contributed by atoms with Crippen LogP contribution in [-0.2, 0) is 0 Å². The van der Waals surface area contributed by atoms with Gasteiger partial charge >= 0.3 is 6.03 Å². The molecule has 0 aliphatic rings. The number of rotatable bonds is 8. The van der Waals surface area contributed by atoms with Gasteiger partial charge in [-0.3, -0.25) is 0 Å². The third-order valence-corrected chi connectivity index (χ3v) is 2.84. The Morgan fingerprint density at radius 3 is 2.86 bits per heavy atom. The fraction of sp³-hybridized carbons (Fsp3) is 0.500. The first-order valence-corrected chi connectivity index (χ1v) is 7.09. The number of carbonyl (C=O) groups excluding carboxylic acids is 1. The fourth-order valence-corrected chi connectivity index (χ4v) is 1.67. The number of nitrogens with one attached hydrogen (secondary N) is 2. The van der Waals surface area contributed by atoms with Gasteiger partial charge in [-0.25, -0.2) is 4.79 Å². The van der Waals surface area contributed by atoms with E-state index in [0.717, 1.165) is 0 Å². The van der Waals surface area contributed by atoms with Crippen molar-refractivity contribution in [3.8, 4) is 5.75 Å². The molecule has 0 aromatic heterocycles. The molecule has 21 heavy (non-hydrogen) atoms. The maximum absolute atomic E-state index is 11.2. The number of hydrogen-bond donors (Lipinski definition) is 3. The number of hydrogen-bond acceptors (Lipinski definition) is 4. The van der Waals surface area contributed by atoms with E-state index in [1.165, 1.54) is 4.90 Å². The van der Waals surface area contributed by atoms with Crippen LogP contribution in [0.2, 0.25) is 5.02 Å².